The van der Waals surface area contributed by atoms with Crippen LogP contribution in [-0.2, 0) is 16.1 Å². The minimum Gasteiger partial charge on any atom is -0.494 e. The van der Waals surface area contributed by atoms with Gasteiger partial charge in [0.15, 0.2) is 0 Å². The Kier molecular flexibility index (Phi) is 6.63. The molecule has 2 aromatic rings. The topological polar surface area (TPSA) is 122 Å². The zero-order chi connectivity index (χ0) is 25.2. The van der Waals surface area contributed by atoms with Gasteiger partial charge in [0.2, 0.25) is 17.7 Å². The van der Waals surface area contributed by atoms with Crippen LogP contribution in [0.1, 0.15) is 58.4 Å². The molecule has 3 N–H and O–H groups in total. The molecule has 3 aliphatic rings. The van der Waals surface area contributed by atoms with Crippen LogP contribution in [0.25, 0.3) is 0 Å². The van der Waals surface area contributed by atoms with Crippen molar-refractivity contribution in [2.75, 3.05) is 24.6 Å². The number of imide groups is 1. The van der Waals surface area contributed by atoms with Crippen molar-refractivity contribution >= 4 is 29.3 Å². The van der Waals surface area contributed by atoms with Gasteiger partial charge in [0.05, 0.1) is 6.61 Å². The number of anilines is 1. The Hall–Kier alpha value is -3.88. The fourth-order valence-electron chi connectivity index (χ4n) is 5.39. The predicted octanol–water partition coefficient (Wildman–Crippen LogP) is 2.23. The Balaban J connectivity index is 1.16. The molecule has 3 heterocycles. The molecule has 2 aromatic carbocycles. The Morgan fingerprint density at radius 2 is 1.78 bits per heavy atom. The quantitative estimate of drug-likeness (QED) is 0.574. The average molecular weight is 491 g/mol. The smallest absolute Gasteiger partial charge is 0.255 e. The second-order valence-electron chi connectivity index (χ2n) is 9.66. The first-order valence-electron chi connectivity index (χ1n) is 12.4. The molecule has 0 radical (unpaired) electrons. The maximum Gasteiger partial charge on any atom is 0.255 e. The monoisotopic (exact) mass is 490 g/mol. The third-order valence-electron chi connectivity index (χ3n) is 7.45. The van der Waals surface area contributed by atoms with Crippen LogP contribution < -0.4 is 20.7 Å². The Morgan fingerprint density at radius 3 is 2.47 bits per heavy atom. The number of rotatable bonds is 7. The molecule has 9 heteroatoms. The van der Waals surface area contributed by atoms with Crippen molar-refractivity contribution in [1.82, 2.24) is 10.2 Å². The minimum atomic E-state index is -0.604. The number of ether oxygens (including phenoxy) is 1. The zero-order valence-electron chi connectivity index (χ0n) is 20.1. The van der Waals surface area contributed by atoms with Crippen LogP contribution in [0, 0.1) is 5.92 Å². The number of nitrogens with two attached hydrogens (primary N) is 1. The summed E-state index contributed by atoms with van der Waals surface area (Å²) in [7, 11) is 0. The number of fused-ring (bicyclic) bond motifs is 1. The Morgan fingerprint density at radius 1 is 1.03 bits per heavy atom. The highest BCUT2D eigenvalue weighted by Crippen LogP contribution is 2.36. The molecule has 9 nitrogen and oxygen atoms in total. The van der Waals surface area contributed by atoms with E-state index in [-0.39, 0.29) is 24.1 Å². The molecule has 188 valence electrons. The van der Waals surface area contributed by atoms with Gasteiger partial charge in [0.25, 0.3) is 5.91 Å². The van der Waals surface area contributed by atoms with E-state index in [1.807, 2.05) is 12.1 Å². The van der Waals surface area contributed by atoms with E-state index in [1.54, 1.807) is 29.2 Å². The maximum absolute atomic E-state index is 13.1. The van der Waals surface area contributed by atoms with Gasteiger partial charge in [0, 0.05) is 48.4 Å². The van der Waals surface area contributed by atoms with E-state index in [0.717, 1.165) is 49.4 Å². The Bertz CT molecular complexity index is 1190. The number of amides is 4. The standard InChI is InChI=1S/C27H30N4O5/c28-25(33)18-4-6-19(7-5-18)36-15-12-17-10-13-30(14-11-17)22-3-1-2-20-21(22)16-31(27(20)35)23-8-9-24(32)29-26(23)34/h1-7,17,23H,8-16H2,(H2,28,33)(H,29,32,34). The number of hydrogen-bond acceptors (Lipinski definition) is 6. The summed E-state index contributed by atoms with van der Waals surface area (Å²) in [5.41, 5.74) is 8.40. The third kappa shape index (κ3) is 4.78. The lowest BCUT2D eigenvalue weighted by Gasteiger charge is -2.35. The molecule has 2 saturated heterocycles. The molecule has 0 saturated carbocycles. The molecule has 2 fully saturated rings. The molecule has 0 aromatic heterocycles. The molecule has 4 amide bonds. The van der Waals surface area contributed by atoms with E-state index >= 15 is 0 Å². The fourth-order valence-corrected chi connectivity index (χ4v) is 5.39. The van der Waals surface area contributed by atoms with Gasteiger partial charge in [-0.1, -0.05) is 6.07 Å². The first kappa shape index (κ1) is 23.8. The number of benzene rings is 2. The van der Waals surface area contributed by atoms with Crippen LogP contribution in [0.3, 0.4) is 0 Å². The maximum atomic E-state index is 13.1. The number of carbonyl (C=O) groups is 4. The molecule has 1 atom stereocenters. The van der Waals surface area contributed by atoms with E-state index in [0.29, 0.717) is 36.6 Å². The summed E-state index contributed by atoms with van der Waals surface area (Å²) in [6.45, 7) is 2.78. The van der Waals surface area contributed by atoms with Gasteiger partial charge in [-0.05, 0) is 68.0 Å². The normalized spacial score (nSPS) is 20.3. The fraction of sp³-hybridized carbons (Fsp3) is 0.407. The number of nitrogens with zero attached hydrogens (tertiary/aromatic N) is 2. The summed E-state index contributed by atoms with van der Waals surface area (Å²) in [5.74, 6) is 0.00541. The molecule has 0 bridgehead atoms. The first-order chi connectivity index (χ1) is 17.4. The molecule has 0 spiro atoms. The molecule has 36 heavy (non-hydrogen) atoms. The summed E-state index contributed by atoms with van der Waals surface area (Å²) < 4.78 is 5.85. The Labute approximate surface area is 209 Å². The summed E-state index contributed by atoms with van der Waals surface area (Å²) in [4.78, 5) is 52.1. The van der Waals surface area contributed by atoms with Crippen molar-refractivity contribution in [2.24, 2.45) is 11.7 Å². The van der Waals surface area contributed by atoms with Crippen molar-refractivity contribution in [3.8, 4) is 5.75 Å². The van der Waals surface area contributed by atoms with Crippen molar-refractivity contribution in [3.63, 3.8) is 0 Å². The van der Waals surface area contributed by atoms with Crippen LogP contribution in [0.5, 0.6) is 5.75 Å². The second kappa shape index (κ2) is 10.0. The molecule has 0 aliphatic carbocycles. The van der Waals surface area contributed by atoms with E-state index in [4.69, 9.17) is 10.5 Å². The van der Waals surface area contributed by atoms with Gasteiger partial charge in [-0.3, -0.25) is 24.5 Å². The van der Waals surface area contributed by atoms with Gasteiger partial charge in [-0.25, -0.2) is 0 Å². The molecule has 3 aliphatic heterocycles. The summed E-state index contributed by atoms with van der Waals surface area (Å²) >= 11 is 0. The number of piperidine rings is 2. The third-order valence-corrected chi connectivity index (χ3v) is 7.45. The number of nitrogens with one attached hydrogen (secondary N) is 1. The van der Waals surface area contributed by atoms with Gasteiger partial charge in [-0.2, -0.15) is 0 Å². The van der Waals surface area contributed by atoms with Crippen molar-refractivity contribution in [3.05, 3.63) is 59.2 Å². The number of primary amides is 1. The summed E-state index contributed by atoms with van der Waals surface area (Å²) in [6, 6.07) is 12.0. The molecule has 5 rings (SSSR count). The predicted molar refractivity (Wildman–Crippen MR) is 132 cm³/mol. The molecular formula is C27H30N4O5. The lowest BCUT2D eigenvalue weighted by Crippen LogP contribution is -2.52. The van der Waals surface area contributed by atoms with E-state index in [1.165, 1.54) is 0 Å². The van der Waals surface area contributed by atoms with E-state index in [2.05, 4.69) is 16.3 Å². The SMILES string of the molecule is NC(=O)c1ccc(OCCC2CCN(c3cccc4c3CN(C3CCC(=O)NC3=O)C4=O)CC2)cc1. The largest absolute Gasteiger partial charge is 0.494 e. The van der Waals surface area contributed by atoms with Gasteiger partial charge in [0.1, 0.15) is 11.8 Å². The second-order valence-corrected chi connectivity index (χ2v) is 9.66. The highest BCUT2D eigenvalue weighted by atomic mass is 16.5. The van der Waals surface area contributed by atoms with Crippen LogP contribution in [-0.4, -0.2) is 54.3 Å². The average Bonchev–Trinajstić information content (AvgIpc) is 3.21. The van der Waals surface area contributed by atoms with E-state index in [9.17, 15) is 19.2 Å². The van der Waals surface area contributed by atoms with Gasteiger partial charge in [-0.15, -0.1) is 0 Å². The number of carbonyl (C=O) groups excluding carboxylic acids is 4. The lowest BCUT2D eigenvalue weighted by atomic mass is 9.93. The van der Waals surface area contributed by atoms with E-state index < -0.39 is 11.9 Å². The van der Waals surface area contributed by atoms with Crippen LogP contribution in [0.2, 0.25) is 0 Å². The van der Waals surface area contributed by atoms with Crippen LogP contribution in [0.15, 0.2) is 42.5 Å². The van der Waals surface area contributed by atoms with Crippen LogP contribution in [0.4, 0.5) is 5.69 Å². The highest BCUT2D eigenvalue weighted by Gasteiger charge is 2.40. The lowest BCUT2D eigenvalue weighted by molar-refractivity contribution is -0.136. The zero-order valence-corrected chi connectivity index (χ0v) is 20.1. The number of hydrogen-bond donors (Lipinski definition) is 2. The van der Waals surface area contributed by atoms with Crippen molar-refractivity contribution < 1.29 is 23.9 Å². The van der Waals surface area contributed by atoms with Crippen molar-refractivity contribution in [1.29, 1.82) is 0 Å². The molecular weight excluding hydrogens is 460 g/mol. The first-order valence-corrected chi connectivity index (χ1v) is 12.4. The van der Waals surface area contributed by atoms with Gasteiger partial charge >= 0.3 is 0 Å². The van der Waals surface area contributed by atoms with Crippen LogP contribution >= 0.6 is 0 Å². The molecule has 1 unspecified atom stereocenters. The highest BCUT2D eigenvalue weighted by molar-refractivity contribution is 6.06. The minimum absolute atomic E-state index is 0.141. The van der Waals surface area contributed by atoms with Crippen molar-refractivity contribution in [2.45, 2.75) is 44.7 Å². The van der Waals surface area contributed by atoms with Gasteiger partial charge < -0.3 is 20.3 Å². The summed E-state index contributed by atoms with van der Waals surface area (Å²) in [5, 5.41) is 2.36. The summed E-state index contributed by atoms with van der Waals surface area (Å²) in [6.07, 6.45) is 3.61.